The first-order valence-electron chi connectivity index (χ1n) is 9.26. The second kappa shape index (κ2) is 9.58. The van der Waals surface area contributed by atoms with Crippen molar-refractivity contribution in [3.8, 4) is 0 Å². The SMILES string of the molecule is CC(c1ccc(Cl)cc1)C(C)N(C)C(=O)c1ccn(C2CCCNC2)n1.Cl. The summed E-state index contributed by atoms with van der Waals surface area (Å²) in [6, 6.07) is 10.0. The molecule has 2 heterocycles. The van der Waals surface area contributed by atoms with Crippen LogP contribution in [0.25, 0.3) is 0 Å². The molecule has 1 aromatic heterocycles. The molecule has 0 saturated carbocycles. The molecular weight excluding hydrogens is 383 g/mol. The Morgan fingerprint density at radius 3 is 2.63 bits per heavy atom. The van der Waals surface area contributed by atoms with E-state index >= 15 is 0 Å². The van der Waals surface area contributed by atoms with Crippen LogP contribution in [-0.2, 0) is 0 Å². The van der Waals surface area contributed by atoms with Gasteiger partial charge < -0.3 is 10.2 Å². The molecule has 3 unspecified atom stereocenters. The number of halogens is 2. The number of nitrogens with one attached hydrogen (secondary N) is 1. The zero-order valence-electron chi connectivity index (χ0n) is 16.1. The van der Waals surface area contributed by atoms with Gasteiger partial charge in [-0.05, 0) is 50.1 Å². The normalized spacial score (nSPS) is 19.0. The van der Waals surface area contributed by atoms with Crippen LogP contribution < -0.4 is 5.32 Å². The lowest BCUT2D eigenvalue weighted by molar-refractivity contribution is 0.0719. The number of rotatable bonds is 5. The molecule has 1 aromatic carbocycles. The molecule has 5 nitrogen and oxygen atoms in total. The van der Waals surface area contributed by atoms with Crippen molar-refractivity contribution in [2.24, 2.45) is 0 Å². The van der Waals surface area contributed by atoms with Gasteiger partial charge in [0.25, 0.3) is 5.91 Å². The third kappa shape index (κ3) is 5.03. The Morgan fingerprint density at radius 2 is 2.00 bits per heavy atom. The maximum absolute atomic E-state index is 12.9. The summed E-state index contributed by atoms with van der Waals surface area (Å²) in [4.78, 5) is 14.7. The summed E-state index contributed by atoms with van der Waals surface area (Å²) in [5, 5.41) is 8.66. The minimum atomic E-state index is -0.0409. The van der Waals surface area contributed by atoms with E-state index in [1.54, 1.807) is 4.90 Å². The van der Waals surface area contributed by atoms with Crippen molar-refractivity contribution >= 4 is 29.9 Å². The summed E-state index contributed by atoms with van der Waals surface area (Å²) in [6.07, 6.45) is 4.16. The molecule has 3 rings (SSSR count). The van der Waals surface area contributed by atoms with Gasteiger partial charge in [-0.15, -0.1) is 12.4 Å². The van der Waals surface area contributed by atoms with Gasteiger partial charge in [0.2, 0.25) is 0 Å². The summed E-state index contributed by atoms with van der Waals surface area (Å²) < 4.78 is 1.93. The molecule has 0 aliphatic carbocycles. The van der Waals surface area contributed by atoms with Crippen molar-refractivity contribution in [2.45, 2.75) is 44.7 Å². The molecule has 2 aromatic rings. The van der Waals surface area contributed by atoms with Crippen molar-refractivity contribution in [3.63, 3.8) is 0 Å². The van der Waals surface area contributed by atoms with Crippen molar-refractivity contribution < 1.29 is 4.79 Å². The number of hydrogen-bond acceptors (Lipinski definition) is 3. The van der Waals surface area contributed by atoms with Crippen molar-refractivity contribution in [3.05, 3.63) is 52.8 Å². The van der Waals surface area contributed by atoms with E-state index in [1.165, 1.54) is 5.56 Å². The first kappa shape index (κ1) is 21.7. The Bertz CT molecular complexity index is 741. The molecule has 1 N–H and O–H groups in total. The van der Waals surface area contributed by atoms with Gasteiger partial charge in [-0.25, -0.2) is 0 Å². The highest BCUT2D eigenvalue weighted by Gasteiger charge is 2.25. The molecule has 1 aliphatic rings. The average molecular weight is 411 g/mol. The summed E-state index contributed by atoms with van der Waals surface area (Å²) in [5.41, 5.74) is 1.67. The van der Waals surface area contributed by atoms with E-state index in [1.807, 2.05) is 48.3 Å². The van der Waals surface area contributed by atoms with E-state index in [9.17, 15) is 4.79 Å². The van der Waals surface area contributed by atoms with Crippen molar-refractivity contribution in [2.75, 3.05) is 20.1 Å². The van der Waals surface area contributed by atoms with Gasteiger partial charge in [-0.2, -0.15) is 5.10 Å². The van der Waals surface area contributed by atoms with Gasteiger partial charge in [-0.3, -0.25) is 9.48 Å². The topological polar surface area (TPSA) is 50.2 Å². The first-order valence-corrected chi connectivity index (χ1v) is 9.63. The Labute approximate surface area is 172 Å². The number of amides is 1. The van der Waals surface area contributed by atoms with Crippen molar-refractivity contribution in [1.29, 1.82) is 0 Å². The van der Waals surface area contributed by atoms with Crippen LogP contribution in [0.1, 0.15) is 54.7 Å². The fourth-order valence-corrected chi connectivity index (χ4v) is 3.59. The molecule has 1 aliphatic heterocycles. The van der Waals surface area contributed by atoms with Gasteiger partial charge >= 0.3 is 0 Å². The molecule has 7 heteroatoms. The summed E-state index contributed by atoms with van der Waals surface area (Å²) in [6.45, 7) is 6.17. The molecule has 27 heavy (non-hydrogen) atoms. The van der Waals surface area contributed by atoms with E-state index in [4.69, 9.17) is 11.6 Å². The van der Waals surface area contributed by atoms with E-state index in [-0.39, 0.29) is 30.3 Å². The average Bonchev–Trinajstić information content (AvgIpc) is 3.17. The van der Waals surface area contributed by atoms with E-state index in [2.05, 4.69) is 24.3 Å². The molecule has 0 radical (unpaired) electrons. The maximum Gasteiger partial charge on any atom is 0.274 e. The quantitative estimate of drug-likeness (QED) is 0.805. The number of carbonyl (C=O) groups excluding carboxylic acids is 1. The van der Waals surface area contributed by atoms with E-state index < -0.39 is 0 Å². The van der Waals surface area contributed by atoms with E-state index in [0.29, 0.717) is 11.7 Å². The van der Waals surface area contributed by atoms with Crippen LogP contribution in [0.15, 0.2) is 36.5 Å². The van der Waals surface area contributed by atoms with Crippen LogP contribution >= 0.6 is 24.0 Å². The van der Waals surface area contributed by atoms with Gasteiger partial charge in [0.05, 0.1) is 6.04 Å². The lowest BCUT2D eigenvalue weighted by Crippen LogP contribution is -2.38. The highest BCUT2D eigenvalue weighted by molar-refractivity contribution is 6.30. The second-order valence-corrected chi connectivity index (χ2v) is 7.61. The number of carbonyl (C=O) groups is 1. The van der Waals surface area contributed by atoms with Crippen molar-refractivity contribution in [1.82, 2.24) is 20.0 Å². The molecule has 0 spiro atoms. The highest BCUT2D eigenvalue weighted by atomic mass is 35.5. The Morgan fingerprint density at radius 1 is 1.30 bits per heavy atom. The van der Waals surface area contributed by atoms with Gasteiger partial charge in [-0.1, -0.05) is 30.7 Å². The van der Waals surface area contributed by atoms with Crippen LogP contribution in [0.5, 0.6) is 0 Å². The van der Waals surface area contributed by atoms with Crippen LogP contribution in [-0.4, -0.2) is 46.8 Å². The number of likely N-dealkylation sites (N-methyl/N-ethyl adjacent to an activating group) is 1. The fourth-order valence-electron chi connectivity index (χ4n) is 3.46. The standard InChI is InChI=1S/C20H27ClN4O.ClH/c1-14(16-6-8-17(21)9-7-16)15(2)24(3)20(26)19-10-12-25(23-19)18-5-4-11-22-13-18;/h6-10,12,14-15,18,22H,4-5,11,13H2,1-3H3;1H. The van der Waals surface area contributed by atoms with Crippen LogP contribution in [0.2, 0.25) is 5.02 Å². The lowest BCUT2D eigenvalue weighted by Gasteiger charge is -2.30. The monoisotopic (exact) mass is 410 g/mol. The van der Waals surface area contributed by atoms with Gasteiger partial charge in [0.15, 0.2) is 0 Å². The first-order chi connectivity index (χ1) is 12.5. The number of nitrogens with zero attached hydrogens (tertiary/aromatic N) is 3. The molecular formula is C20H28Cl2N4O. The minimum Gasteiger partial charge on any atom is -0.337 e. The Kier molecular flexibility index (Phi) is 7.71. The molecule has 1 fully saturated rings. The van der Waals surface area contributed by atoms with Crippen LogP contribution in [0.4, 0.5) is 0 Å². The van der Waals surface area contributed by atoms with Crippen LogP contribution in [0.3, 0.4) is 0 Å². The molecule has 3 atom stereocenters. The maximum atomic E-state index is 12.9. The van der Waals surface area contributed by atoms with E-state index in [0.717, 1.165) is 31.0 Å². The predicted octanol–water partition coefficient (Wildman–Crippen LogP) is 4.15. The highest BCUT2D eigenvalue weighted by Crippen LogP contribution is 2.25. The number of aromatic nitrogens is 2. The molecule has 0 bridgehead atoms. The third-order valence-electron chi connectivity index (χ3n) is 5.52. The van der Waals surface area contributed by atoms with Gasteiger partial charge in [0, 0.05) is 36.8 Å². The predicted molar refractivity (Wildman–Crippen MR) is 112 cm³/mol. The number of benzene rings is 1. The zero-order valence-corrected chi connectivity index (χ0v) is 17.6. The molecule has 148 valence electrons. The second-order valence-electron chi connectivity index (χ2n) is 7.18. The molecule has 1 amide bonds. The number of piperidine rings is 1. The van der Waals surface area contributed by atoms with Gasteiger partial charge in [0.1, 0.15) is 5.69 Å². The number of hydrogen-bond donors (Lipinski definition) is 1. The summed E-state index contributed by atoms with van der Waals surface area (Å²) in [7, 11) is 1.85. The largest absolute Gasteiger partial charge is 0.337 e. The zero-order chi connectivity index (χ0) is 18.7. The Balaban J connectivity index is 0.00000261. The summed E-state index contributed by atoms with van der Waals surface area (Å²) >= 11 is 5.98. The minimum absolute atomic E-state index is 0. The molecule has 1 saturated heterocycles. The summed E-state index contributed by atoms with van der Waals surface area (Å²) in [5.74, 6) is 0.159. The lowest BCUT2D eigenvalue weighted by atomic mass is 9.93. The smallest absolute Gasteiger partial charge is 0.274 e. The van der Waals surface area contributed by atoms with Crippen LogP contribution in [0, 0.1) is 0 Å². The Hall–Kier alpha value is -1.56. The fraction of sp³-hybridized carbons (Fsp3) is 0.500. The third-order valence-corrected chi connectivity index (χ3v) is 5.78.